The normalized spacial score (nSPS) is 20.2. The molecule has 1 aliphatic rings. The van der Waals surface area contributed by atoms with E-state index in [1.807, 2.05) is 0 Å². The summed E-state index contributed by atoms with van der Waals surface area (Å²) in [5.41, 5.74) is 1.36. The van der Waals surface area contributed by atoms with E-state index >= 15 is 0 Å². The fourth-order valence-electron chi connectivity index (χ4n) is 1.98. The molecule has 0 saturated carbocycles. The predicted molar refractivity (Wildman–Crippen MR) is 78.1 cm³/mol. The molecule has 0 radical (unpaired) electrons. The summed E-state index contributed by atoms with van der Waals surface area (Å²) in [5, 5.41) is 0.794. The first-order valence-corrected chi connectivity index (χ1v) is 6.53. The molecule has 1 atom stereocenters. The zero-order valence-corrected chi connectivity index (χ0v) is 12.3. The van der Waals surface area contributed by atoms with Gasteiger partial charge in [0.1, 0.15) is 5.92 Å². The standard InChI is InChI=1S/C14H11Cl2NO3/c1-7-12(14(19)20-2)9(13(18)17-7)5-8-3-4-10(15)11(16)6-8/h3-6,12H,1-2H3/b9-5-. The van der Waals surface area contributed by atoms with E-state index in [2.05, 4.69) is 4.99 Å². The molecule has 0 saturated heterocycles. The molecular formula is C14H11Cl2NO3. The zero-order chi connectivity index (χ0) is 14.9. The Morgan fingerprint density at radius 1 is 1.35 bits per heavy atom. The predicted octanol–water partition coefficient (Wildman–Crippen LogP) is 3.17. The smallest absolute Gasteiger partial charge is 0.319 e. The van der Waals surface area contributed by atoms with Gasteiger partial charge in [0.25, 0.3) is 5.91 Å². The molecule has 4 nitrogen and oxygen atoms in total. The van der Waals surface area contributed by atoms with Crippen molar-refractivity contribution < 1.29 is 14.3 Å². The lowest BCUT2D eigenvalue weighted by molar-refractivity contribution is -0.142. The molecule has 1 aromatic rings. The number of carbonyl (C=O) groups is 2. The van der Waals surface area contributed by atoms with Crippen molar-refractivity contribution in [3.8, 4) is 0 Å². The average molecular weight is 312 g/mol. The molecule has 1 unspecified atom stereocenters. The number of nitrogens with zero attached hydrogens (tertiary/aromatic N) is 1. The van der Waals surface area contributed by atoms with Crippen molar-refractivity contribution in [3.05, 3.63) is 39.4 Å². The van der Waals surface area contributed by atoms with Crippen molar-refractivity contribution in [3.63, 3.8) is 0 Å². The number of esters is 1. The van der Waals surface area contributed by atoms with Crippen LogP contribution in [0.5, 0.6) is 0 Å². The maximum Gasteiger partial charge on any atom is 0.319 e. The third-order valence-corrected chi connectivity index (χ3v) is 3.70. The van der Waals surface area contributed by atoms with Crippen LogP contribution in [-0.2, 0) is 14.3 Å². The number of amides is 1. The van der Waals surface area contributed by atoms with Gasteiger partial charge in [-0.05, 0) is 30.7 Å². The Hall–Kier alpha value is -1.65. The number of rotatable bonds is 2. The van der Waals surface area contributed by atoms with E-state index in [-0.39, 0.29) is 5.57 Å². The van der Waals surface area contributed by atoms with Crippen LogP contribution in [0.25, 0.3) is 6.08 Å². The number of hydrogen-bond donors (Lipinski definition) is 0. The topological polar surface area (TPSA) is 55.7 Å². The molecule has 20 heavy (non-hydrogen) atoms. The van der Waals surface area contributed by atoms with Gasteiger partial charge in [-0.3, -0.25) is 9.59 Å². The number of halogens is 2. The summed E-state index contributed by atoms with van der Waals surface area (Å²) in [5.74, 6) is -1.71. The molecule has 0 spiro atoms. The molecule has 1 aromatic carbocycles. The van der Waals surface area contributed by atoms with Gasteiger partial charge >= 0.3 is 5.97 Å². The summed E-state index contributed by atoms with van der Waals surface area (Å²) in [4.78, 5) is 27.4. The maximum absolute atomic E-state index is 11.8. The van der Waals surface area contributed by atoms with Crippen LogP contribution >= 0.6 is 23.2 Å². The summed E-state index contributed by atoms with van der Waals surface area (Å²) >= 11 is 11.8. The van der Waals surface area contributed by atoms with Gasteiger partial charge in [0.05, 0.1) is 17.2 Å². The quantitative estimate of drug-likeness (QED) is 0.622. The molecule has 0 bridgehead atoms. The monoisotopic (exact) mass is 311 g/mol. The van der Waals surface area contributed by atoms with Gasteiger partial charge < -0.3 is 4.74 Å². The molecule has 2 rings (SSSR count). The molecule has 0 aliphatic carbocycles. The van der Waals surface area contributed by atoms with Gasteiger partial charge in [-0.15, -0.1) is 0 Å². The molecule has 1 heterocycles. The first-order valence-electron chi connectivity index (χ1n) is 5.78. The minimum atomic E-state index is -0.762. The van der Waals surface area contributed by atoms with Crippen LogP contribution in [0.3, 0.4) is 0 Å². The number of carbonyl (C=O) groups excluding carboxylic acids is 2. The molecule has 1 aliphatic heterocycles. The van der Waals surface area contributed by atoms with Crippen LogP contribution in [0.15, 0.2) is 28.8 Å². The van der Waals surface area contributed by atoms with Gasteiger partial charge in [0.2, 0.25) is 0 Å². The van der Waals surface area contributed by atoms with E-state index < -0.39 is 17.8 Å². The number of benzene rings is 1. The van der Waals surface area contributed by atoms with Gasteiger partial charge in [-0.1, -0.05) is 29.3 Å². The fraction of sp³-hybridized carbons (Fsp3) is 0.214. The lowest BCUT2D eigenvalue weighted by Crippen LogP contribution is -2.22. The summed E-state index contributed by atoms with van der Waals surface area (Å²) in [7, 11) is 1.27. The third-order valence-electron chi connectivity index (χ3n) is 2.96. The molecule has 6 heteroatoms. The first-order chi connectivity index (χ1) is 9.43. The molecule has 0 fully saturated rings. The number of ether oxygens (including phenoxy) is 1. The van der Waals surface area contributed by atoms with Crippen LogP contribution in [0.4, 0.5) is 0 Å². The van der Waals surface area contributed by atoms with Gasteiger partial charge in [0, 0.05) is 11.3 Å². The Labute approximate surface area is 126 Å². The van der Waals surface area contributed by atoms with E-state index in [4.69, 9.17) is 27.9 Å². The van der Waals surface area contributed by atoms with Crippen molar-refractivity contribution in [2.75, 3.05) is 7.11 Å². The Balaban J connectivity index is 2.43. The van der Waals surface area contributed by atoms with E-state index in [0.717, 1.165) is 0 Å². The number of aliphatic imine (C=N–C) groups is 1. The number of methoxy groups -OCH3 is 1. The zero-order valence-electron chi connectivity index (χ0n) is 10.8. The minimum absolute atomic E-state index is 0.271. The third kappa shape index (κ3) is 2.76. The van der Waals surface area contributed by atoms with Crippen molar-refractivity contribution >= 4 is 46.9 Å². The fourth-order valence-corrected chi connectivity index (χ4v) is 2.29. The first kappa shape index (κ1) is 14.8. The minimum Gasteiger partial charge on any atom is -0.468 e. The maximum atomic E-state index is 11.8. The summed E-state index contributed by atoms with van der Waals surface area (Å²) in [6.45, 7) is 1.62. The van der Waals surface area contributed by atoms with Gasteiger partial charge in [-0.2, -0.15) is 0 Å². The van der Waals surface area contributed by atoms with Crippen LogP contribution in [0, 0.1) is 5.92 Å². The lowest BCUT2D eigenvalue weighted by Gasteiger charge is -2.09. The Kier molecular flexibility index (Phi) is 4.26. The van der Waals surface area contributed by atoms with E-state index in [9.17, 15) is 9.59 Å². The summed E-state index contributed by atoms with van der Waals surface area (Å²) < 4.78 is 4.70. The second kappa shape index (κ2) is 5.77. The lowest BCUT2D eigenvalue weighted by atomic mass is 9.95. The SMILES string of the molecule is COC(=O)C1C(C)=NC(=O)/C1=C\c1ccc(Cl)c(Cl)c1. The molecule has 1 amide bonds. The summed E-state index contributed by atoms with van der Waals surface area (Å²) in [6, 6.07) is 4.94. The highest BCUT2D eigenvalue weighted by molar-refractivity contribution is 6.42. The largest absolute Gasteiger partial charge is 0.468 e. The van der Waals surface area contributed by atoms with Gasteiger partial charge in [-0.25, -0.2) is 4.99 Å². The van der Waals surface area contributed by atoms with Crippen molar-refractivity contribution in [2.45, 2.75) is 6.92 Å². The van der Waals surface area contributed by atoms with E-state index in [1.165, 1.54) is 7.11 Å². The second-order valence-corrected chi connectivity index (χ2v) is 5.10. The second-order valence-electron chi connectivity index (χ2n) is 4.29. The van der Waals surface area contributed by atoms with Crippen molar-refractivity contribution in [1.82, 2.24) is 0 Å². The van der Waals surface area contributed by atoms with Crippen LogP contribution < -0.4 is 0 Å². The van der Waals surface area contributed by atoms with Gasteiger partial charge in [0.15, 0.2) is 0 Å². The highest BCUT2D eigenvalue weighted by atomic mass is 35.5. The Bertz CT molecular complexity index is 650. The molecular weight excluding hydrogens is 301 g/mol. The van der Waals surface area contributed by atoms with Crippen molar-refractivity contribution in [1.29, 1.82) is 0 Å². The van der Waals surface area contributed by atoms with Crippen LogP contribution in [-0.4, -0.2) is 24.7 Å². The van der Waals surface area contributed by atoms with Crippen LogP contribution in [0.2, 0.25) is 10.0 Å². The van der Waals surface area contributed by atoms with E-state index in [1.54, 1.807) is 31.2 Å². The molecule has 0 aromatic heterocycles. The molecule has 0 N–H and O–H groups in total. The van der Waals surface area contributed by atoms with E-state index in [0.29, 0.717) is 21.3 Å². The summed E-state index contributed by atoms with van der Waals surface area (Å²) in [6.07, 6.45) is 1.58. The Morgan fingerprint density at radius 2 is 2.05 bits per heavy atom. The highest BCUT2D eigenvalue weighted by Crippen LogP contribution is 2.28. The molecule has 104 valence electrons. The highest BCUT2D eigenvalue weighted by Gasteiger charge is 2.36. The average Bonchev–Trinajstić information content (AvgIpc) is 2.68. The van der Waals surface area contributed by atoms with Crippen LogP contribution in [0.1, 0.15) is 12.5 Å². The number of hydrogen-bond acceptors (Lipinski definition) is 3. The van der Waals surface area contributed by atoms with Crippen molar-refractivity contribution in [2.24, 2.45) is 10.9 Å². The Morgan fingerprint density at radius 3 is 2.65 bits per heavy atom.